The summed E-state index contributed by atoms with van der Waals surface area (Å²) in [4.78, 5) is 0. The van der Waals surface area contributed by atoms with Gasteiger partial charge in [-0.2, -0.15) is 0 Å². The first-order valence-electron chi connectivity index (χ1n) is 3.05. The van der Waals surface area contributed by atoms with E-state index in [1.54, 1.807) is 0 Å². The smallest absolute Gasteiger partial charge is 0.0433 e. The van der Waals surface area contributed by atoms with E-state index in [2.05, 4.69) is 0 Å². The van der Waals surface area contributed by atoms with Gasteiger partial charge in [0.25, 0.3) is 0 Å². The largest absolute Gasteiger partial charge is 0.854 e. The van der Waals surface area contributed by atoms with Gasteiger partial charge in [0.15, 0.2) is 0 Å². The predicted octanol–water partition coefficient (Wildman–Crippen LogP) is 0.589. The quantitative estimate of drug-likeness (QED) is 0.561. The maximum atomic E-state index is 10.1. The van der Waals surface area contributed by atoms with Crippen LogP contribution in [0.15, 0.2) is 30.3 Å². The van der Waals surface area contributed by atoms with Crippen molar-refractivity contribution in [1.82, 2.24) is 0 Å². The zero-order valence-corrected chi connectivity index (χ0v) is 5.21. The van der Waals surface area contributed by atoms with Crippen LogP contribution in [0.4, 0.5) is 0 Å². The summed E-state index contributed by atoms with van der Waals surface area (Å²) in [5.41, 5.74) is 1.13. The molecule has 0 aliphatic rings. The van der Waals surface area contributed by atoms with Gasteiger partial charge in [0.2, 0.25) is 0 Å². The third kappa shape index (κ3) is 1.86. The molecule has 9 heavy (non-hydrogen) atoms. The highest BCUT2D eigenvalue weighted by Gasteiger charge is 1.81. The first kappa shape index (κ1) is 6.30. The second-order valence-corrected chi connectivity index (χ2v) is 1.94. The van der Waals surface area contributed by atoms with E-state index in [1.807, 2.05) is 30.3 Å². The van der Waals surface area contributed by atoms with Gasteiger partial charge < -0.3 is 5.11 Å². The van der Waals surface area contributed by atoms with Crippen LogP contribution in [-0.4, -0.2) is 6.61 Å². The fraction of sp³-hybridized carbons (Fsp3) is 0.250. The van der Waals surface area contributed by atoms with Crippen LogP contribution in [0.3, 0.4) is 0 Å². The van der Waals surface area contributed by atoms with E-state index in [0.717, 1.165) is 5.56 Å². The molecule has 0 amide bonds. The van der Waals surface area contributed by atoms with Gasteiger partial charge in [-0.3, -0.25) is 0 Å². The summed E-state index contributed by atoms with van der Waals surface area (Å²) in [6.45, 7) is -0.00991. The Bertz CT molecular complexity index is 157. The number of benzene rings is 1. The SMILES string of the molecule is [O-]CCc1ccccc1. The molecule has 0 N–H and O–H groups in total. The zero-order valence-electron chi connectivity index (χ0n) is 5.21. The maximum Gasteiger partial charge on any atom is -0.0433 e. The fourth-order valence-corrected chi connectivity index (χ4v) is 0.763. The summed E-state index contributed by atoms with van der Waals surface area (Å²) in [6, 6.07) is 9.79. The van der Waals surface area contributed by atoms with Crippen LogP contribution >= 0.6 is 0 Å². The minimum atomic E-state index is -0.00991. The molecule has 0 atom stereocenters. The molecule has 0 heterocycles. The van der Waals surface area contributed by atoms with Crippen molar-refractivity contribution < 1.29 is 5.11 Å². The second-order valence-electron chi connectivity index (χ2n) is 1.94. The molecule has 0 aliphatic heterocycles. The van der Waals surface area contributed by atoms with Crippen LogP contribution in [-0.2, 0) is 6.42 Å². The standard InChI is InChI=1S/C8H9O/c9-7-6-8-4-2-1-3-5-8/h1-5H,6-7H2/q-1. The van der Waals surface area contributed by atoms with Gasteiger partial charge in [0.1, 0.15) is 0 Å². The maximum absolute atomic E-state index is 10.1. The van der Waals surface area contributed by atoms with Crippen molar-refractivity contribution in [2.24, 2.45) is 0 Å². The molecule has 0 fully saturated rings. The predicted molar refractivity (Wildman–Crippen MR) is 35.0 cm³/mol. The normalized spacial score (nSPS) is 9.44. The molecule has 0 aliphatic carbocycles. The molecule has 0 saturated heterocycles. The minimum Gasteiger partial charge on any atom is -0.854 e. The van der Waals surface area contributed by atoms with Gasteiger partial charge in [-0.15, -0.1) is 6.61 Å². The Balaban J connectivity index is 2.61. The summed E-state index contributed by atoms with van der Waals surface area (Å²) in [7, 11) is 0. The van der Waals surface area contributed by atoms with Crippen molar-refractivity contribution in [2.45, 2.75) is 6.42 Å². The van der Waals surface area contributed by atoms with E-state index in [0.29, 0.717) is 6.42 Å². The Labute approximate surface area is 55.0 Å². The third-order valence-corrected chi connectivity index (χ3v) is 1.23. The highest BCUT2D eigenvalue weighted by molar-refractivity contribution is 5.14. The Hall–Kier alpha value is -0.820. The minimum absolute atomic E-state index is 0.00991. The Morgan fingerprint density at radius 3 is 2.33 bits per heavy atom. The van der Waals surface area contributed by atoms with E-state index in [-0.39, 0.29) is 6.61 Å². The van der Waals surface area contributed by atoms with Crippen LogP contribution in [0.2, 0.25) is 0 Å². The van der Waals surface area contributed by atoms with Crippen molar-refractivity contribution in [2.75, 3.05) is 6.61 Å². The van der Waals surface area contributed by atoms with Gasteiger partial charge in [0, 0.05) is 0 Å². The van der Waals surface area contributed by atoms with E-state index < -0.39 is 0 Å². The Morgan fingerprint density at radius 1 is 1.11 bits per heavy atom. The number of hydrogen-bond acceptors (Lipinski definition) is 1. The molecule has 0 radical (unpaired) electrons. The summed E-state index contributed by atoms with van der Waals surface area (Å²) >= 11 is 0. The zero-order chi connectivity index (χ0) is 6.53. The second kappa shape index (κ2) is 3.25. The van der Waals surface area contributed by atoms with Gasteiger partial charge in [-0.25, -0.2) is 0 Å². The molecule has 48 valence electrons. The highest BCUT2D eigenvalue weighted by atomic mass is 16.2. The molecule has 1 heteroatoms. The average molecular weight is 121 g/mol. The highest BCUT2D eigenvalue weighted by Crippen LogP contribution is 1.96. The number of rotatable bonds is 2. The fourth-order valence-electron chi connectivity index (χ4n) is 0.763. The van der Waals surface area contributed by atoms with Crippen LogP contribution < -0.4 is 5.11 Å². The van der Waals surface area contributed by atoms with Gasteiger partial charge in [-0.1, -0.05) is 30.3 Å². The molecule has 0 bridgehead atoms. The third-order valence-electron chi connectivity index (χ3n) is 1.23. The van der Waals surface area contributed by atoms with E-state index in [4.69, 9.17) is 0 Å². The molecule has 1 aromatic carbocycles. The summed E-state index contributed by atoms with van der Waals surface area (Å²) in [5, 5.41) is 10.1. The molecule has 1 aromatic rings. The van der Waals surface area contributed by atoms with Crippen molar-refractivity contribution in [3.63, 3.8) is 0 Å². The summed E-state index contributed by atoms with van der Waals surface area (Å²) in [5.74, 6) is 0. The molecular formula is C8H9O-. The molecule has 1 rings (SSSR count). The first-order chi connectivity index (χ1) is 4.43. The summed E-state index contributed by atoms with van der Waals surface area (Å²) < 4.78 is 0. The van der Waals surface area contributed by atoms with E-state index in [9.17, 15) is 5.11 Å². The average Bonchev–Trinajstić information content (AvgIpc) is 1.91. The van der Waals surface area contributed by atoms with Crippen molar-refractivity contribution >= 4 is 0 Å². The van der Waals surface area contributed by atoms with E-state index >= 15 is 0 Å². The van der Waals surface area contributed by atoms with Crippen LogP contribution in [0.5, 0.6) is 0 Å². The molecule has 0 saturated carbocycles. The van der Waals surface area contributed by atoms with Crippen molar-refractivity contribution in [3.05, 3.63) is 35.9 Å². The molecule has 0 spiro atoms. The topological polar surface area (TPSA) is 23.1 Å². The van der Waals surface area contributed by atoms with Gasteiger partial charge in [-0.05, 0) is 12.0 Å². The van der Waals surface area contributed by atoms with Crippen LogP contribution in [0, 0.1) is 0 Å². The molecule has 0 aromatic heterocycles. The molecule has 1 nitrogen and oxygen atoms in total. The Morgan fingerprint density at radius 2 is 1.78 bits per heavy atom. The van der Waals surface area contributed by atoms with Gasteiger partial charge in [0.05, 0.1) is 0 Å². The lowest BCUT2D eigenvalue weighted by molar-refractivity contribution is -0.366. The molecular weight excluding hydrogens is 112 g/mol. The Kier molecular flexibility index (Phi) is 2.28. The lowest BCUT2D eigenvalue weighted by atomic mass is 10.2. The van der Waals surface area contributed by atoms with Crippen LogP contribution in [0.1, 0.15) is 5.56 Å². The lowest BCUT2D eigenvalue weighted by Gasteiger charge is -2.01. The van der Waals surface area contributed by atoms with E-state index in [1.165, 1.54) is 0 Å². The monoisotopic (exact) mass is 121 g/mol. The van der Waals surface area contributed by atoms with Gasteiger partial charge >= 0.3 is 0 Å². The van der Waals surface area contributed by atoms with Crippen molar-refractivity contribution in [3.8, 4) is 0 Å². The molecule has 0 unspecified atom stereocenters. The summed E-state index contributed by atoms with van der Waals surface area (Å²) in [6.07, 6.45) is 0.654. The first-order valence-corrected chi connectivity index (χ1v) is 3.05. The van der Waals surface area contributed by atoms with Crippen molar-refractivity contribution in [1.29, 1.82) is 0 Å². The number of hydrogen-bond donors (Lipinski definition) is 0. The van der Waals surface area contributed by atoms with Crippen LogP contribution in [0.25, 0.3) is 0 Å². The lowest BCUT2D eigenvalue weighted by Crippen LogP contribution is -2.07.